The number of rotatable bonds is 7. The minimum atomic E-state index is 0.0943. The van der Waals surface area contributed by atoms with Crippen molar-refractivity contribution in [2.45, 2.75) is 77.3 Å². The molecule has 0 aromatic carbocycles. The first kappa shape index (κ1) is 14.8. The van der Waals surface area contributed by atoms with Gasteiger partial charge in [0.05, 0.1) is 5.92 Å². The van der Waals surface area contributed by atoms with Crippen molar-refractivity contribution in [1.82, 2.24) is 5.32 Å². The maximum absolute atomic E-state index is 12.4. The molecule has 0 aliphatic heterocycles. The second kappa shape index (κ2) is 6.74. The van der Waals surface area contributed by atoms with Crippen LogP contribution in [0.2, 0.25) is 0 Å². The van der Waals surface area contributed by atoms with Crippen LogP contribution in [0.15, 0.2) is 0 Å². The molecule has 2 fully saturated rings. The van der Waals surface area contributed by atoms with Gasteiger partial charge in [-0.25, -0.2) is 0 Å². The average molecular weight is 266 g/mol. The molecule has 0 spiro atoms. The second-order valence-corrected chi connectivity index (χ2v) is 6.70. The maximum Gasteiger partial charge on any atom is 0.225 e. The summed E-state index contributed by atoms with van der Waals surface area (Å²) in [6.07, 6.45) is 9.80. The third-order valence-corrected chi connectivity index (χ3v) is 5.16. The van der Waals surface area contributed by atoms with E-state index in [9.17, 15) is 4.79 Å². The minimum absolute atomic E-state index is 0.0943. The highest BCUT2D eigenvalue weighted by atomic mass is 16.2. The quantitative estimate of drug-likeness (QED) is 0.696. The van der Waals surface area contributed by atoms with Crippen LogP contribution in [0.1, 0.15) is 65.2 Å². The molecule has 110 valence electrons. The van der Waals surface area contributed by atoms with Gasteiger partial charge in [0.1, 0.15) is 0 Å². The first-order chi connectivity index (χ1) is 9.13. The Morgan fingerprint density at radius 3 is 2.63 bits per heavy atom. The highest BCUT2D eigenvalue weighted by Gasteiger charge is 2.49. The lowest BCUT2D eigenvalue weighted by Crippen LogP contribution is -2.47. The summed E-state index contributed by atoms with van der Waals surface area (Å²) in [5, 5.41) is 3.20. The van der Waals surface area contributed by atoms with E-state index in [1.54, 1.807) is 0 Å². The summed E-state index contributed by atoms with van der Waals surface area (Å²) in [7, 11) is 0. The number of amides is 1. The van der Waals surface area contributed by atoms with E-state index in [4.69, 9.17) is 5.73 Å². The summed E-state index contributed by atoms with van der Waals surface area (Å²) < 4.78 is 0. The maximum atomic E-state index is 12.4. The van der Waals surface area contributed by atoms with Crippen molar-refractivity contribution in [3.8, 4) is 0 Å². The molecule has 3 heteroatoms. The van der Waals surface area contributed by atoms with Crippen molar-refractivity contribution in [1.29, 1.82) is 0 Å². The van der Waals surface area contributed by atoms with E-state index in [0.29, 0.717) is 17.9 Å². The Balaban J connectivity index is 1.72. The Labute approximate surface area is 117 Å². The number of unbranched alkanes of at least 4 members (excludes halogenated alkanes) is 3. The van der Waals surface area contributed by atoms with E-state index in [1.165, 1.54) is 44.9 Å². The number of fused-ring (bicyclic) bond motifs is 2. The Kier molecular flexibility index (Phi) is 5.26. The van der Waals surface area contributed by atoms with E-state index < -0.39 is 0 Å². The number of hydrogen-bond donors (Lipinski definition) is 2. The normalized spacial score (nSPS) is 34.5. The molecule has 0 heterocycles. The van der Waals surface area contributed by atoms with Crippen LogP contribution in [0.3, 0.4) is 0 Å². The topological polar surface area (TPSA) is 55.1 Å². The standard InChI is InChI=1S/C16H30N2O/c1-3-4-5-6-7-11(2)18-16(19)14-12-8-9-13(10-12)15(14)17/h11-15H,3-10,17H2,1-2H3,(H,18,19). The van der Waals surface area contributed by atoms with Crippen molar-refractivity contribution in [3.63, 3.8) is 0 Å². The fourth-order valence-electron chi connectivity index (χ4n) is 4.01. The summed E-state index contributed by atoms with van der Waals surface area (Å²) in [6, 6.07) is 0.418. The van der Waals surface area contributed by atoms with Crippen LogP contribution >= 0.6 is 0 Å². The van der Waals surface area contributed by atoms with Crippen LogP contribution in [0.4, 0.5) is 0 Å². The van der Waals surface area contributed by atoms with E-state index in [1.807, 2.05) is 0 Å². The van der Waals surface area contributed by atoms with Gasteiger partial charge >= 0.3 is 0 Å². The molecule has 5 atom stereocenters. The molecule has 0 aromatic rings. The molecule has 2 aliphatic rings. The third kappa shape index (κ3) is 3.50. The Hall–Kier alpha value is -0.570. The number of carbonyl (C=O) groups excluding carboxylic acids is 1. The molecular formula is C16H30N2O. The van der Waals surface area contributed by atoms with E-state index >= 15 is 0 Å². The van der Waals surface area contributed by atoms with Gasteiger partial charge in [-0.05, 0) is 44.4 Å². The molecule has 3 nitrogen and oxygen atoms in total. The fraction of sp³-hybridized carbons (Fsp3) is 0.938. The van der Waals surface area contributed by atoms with Gasteiger partial charge in [-0.2, -0.15) is 0 Å². The zero-order chi connectivity index (χ0) is 13.8. The number of carbonyl (C=O) groups is 1. The largest absolute Gasteiger partial charge is 0.353 e. The van der Waals surface area contributed by atoms with E-state index in [0.717, 1.165) is 6.42 Å². The van der Waals surface area contributed by atoms with Crippen molar-refractivity contribution in [2.24, 2.45) is 23.5 Å². The van der Waals surface area contributed by atoms with Crippen LogP contribution < -0.4 is 11.1 Å². The molecule has 3 N–H and O–H groups in total. The lowest BCUT2D eigenvalue weighted by molar-refractivity contribution is -0.127. The van der Waals surface area contributed by atoms with E-state index in [2.05, 4.69) is 19.2 Å². The SMILES string of the molecule is CCCCCCC(C)NC(=O)C1C2CCC(C2)C1N. The molecule has 0 radical (unpaired) electrons. The fourth-order valence-corrected chi connectivity index (χ4v) is 4.01. The predicted octanol–water partition coefficient (Wildman–Crippen LogP) is 2.83. The van der Waals surface area contributed by atoms with Crippen molar-refractivity contribution in [3.05, 3.63) is 0 Å². The molecule has 19 heavy (non-hydrogen) atoms. The van der Waals surface area contributed by atoms with Gasteiger partial charge < -0.3 is 11.1 Å². The van der Waals surface area contributed by atoms with Crippen LogP contribution in [0, 0.1) is 17.8 Å². The molecule has 0 saturated heterocycles. The van der Waals surface area contributed by atoms with Gasteiger partial charge in [0, 0.05) is 12.1 Å². The van der Waals surface area contributed by atoms with Crippen LogP contribution in [0.5, 0.6) is 0 Å². The monoisotopic (exact) mass is 266 g/mol. The average Bonchev–Trinajstić information content (AvgIpc) is 2.95. The molecule has 5 unspecified atom stereocenters. The zero-order valence-corrected chi connectivity index (χ0v) is 12.5. The smallest absolute Gasteiger partial charge is 0.225 e. The highest BCUT2D eigenvalue weighted by molar-refractivity contribution is 5.80. The van der Waals surface area contributed by atoms with Crippen LogP contribution in [0.25, 0.3) is 0 Å². The summed E-state index contributed by atoms with van der Waals surface area (Å²) >= 11 is 0. The lowest BCUT2D eigenvalue weighted by atomic mass is 9.84. The van der Waals surface area contributed by atoms with E-state index in [-0.39, 0.29) is 17.9 Å². The second-order valence-electron chi connectivity index (χ2n) is 6.70. The van der Waals surface area contributed by atoms with Crippen LogP contribution in [-0.4, -0.2) is 18.0 Å². The van der Waals surface area contributed by atoms with Crippen molar-refractivity contribution < 1.29 is 4.79 Å². The number of nitrogens with one attached hydrogen (secondary N) is 1. The van der Waals surface area contributed by atoms with Gasteiger partial charge in [-0.3, -0.25) is 4.79 Å². The van der Waals surface area contributed by atoms with Crippen molar-refractivity contribution in [2.75, 3.05) is 0 Å². The molecule has 0 aromatic heterocycles. The molecule has 1 amide bonds. The van der Waals surface area contributed by atoms with Crippen molar-refractivity contribution >= 4 is 5.91 Å². The molecule has 2 aliphatic carbocycles. The summed E-state index contributed by atoms with van der Waals surface area (Å²) in [5.41, 5.74) is 6.22. The predicted molar refractivity (Wildman–Crippen MR) is 78.7 cm³/mol. The molecular weight excluding hydrogens is 236 g/mol. The first-order valence-corrected chi connectivity index (χ1v) is 8.19. The highest BCUT2D eigenvalue weighted by Crippen LogP contribution is 2.47. The molecule has 2 bridgehead atoms. The Morgan fingerprint density at radius 1 is 1.26 bits per heavy atom. The Morgan fingerprint density at radius 2 is 2.00 bits per heavy atom. The van der Waals surface area contributed by atoms with Gasteiger partial charge in [-0.15, -0.1) is 0 Å². The van der Waals surface area contributed by atoms with Gasteiger partial charge in [0.15, 0.2) is 0 Å². The summed E-state index contributed by atoms with van der Waals surface area (Å²) in [6.45, 7) is 4.35. The number of hydrogen-bond acceptors (Lipinski definition) is 2. The summed E-state index contributed by atoms with van der Waals surface area (Å²) in [4.78, 5) is 12.4. The Bertz CT molecular complexity index is 303. The van der Waals surface area contributed by atoms with Gasteiger partial charge in [0.25, 0.3) is 0 Å². The molecule has 2 saturated carbocycles. The molecule has 2 rings (SSSR count). The first-order valence-electron chi connectivity index (χ1n) is 8.19. The summed E-state index contributed by atoms with van der Waals surface area (Å²) in [5.74, 6) is 1.49. The van der Waals surface area contributed by atoms with Crippen LogP contribution in [-0.2, 0) is 4.79 Å². The van der Waals surface area contributed by atoms with Gasteiger partial charge in [-0.1, -0.05) is 32.6 Å². The number of nitrogens with two attached hydrogens (primary N) is 1. The zero-order valence-electron chi connectivity index (χ0n) is 12.5. The minimum Gasteiger partial charge on any atom is -0.353 e. The van der Waals surface area contributed by atoms with Gasteiger partial charge in [0.2, 0.25) is 5.91 Å². The lowest BCUT2D eigenvalue weighted by Gasteiger charge is -2.28. The third-order valence-electron chi connectivity index (χ3n) is 5.16.